The zero-order chi connectivity index (χ0) is 14.3. The molecule has 1 aromatic carbocycles. The molecule has 1 N–H and O–H groups in total. The second kappa shape index (κ2) is 4.82. The number of fused-ring (bicyclic) bond motifs is 1. The largest absolute Gasteiger partial charge is 0.362 e. The fraction of sp³-hybridized carbons (Fsp3) is 0.353. The zero-order valence-electron chi connectivity index (χ0n) is 12.2. The Morgan fingerprint density at radius 1 is 1.35 bits per heavy atom. The van der Waals surface area contributed by atoms with Crippen LogP contribution in [0.15, 0.2) is 30.3 Å². The van der Waals surface area contributed by atoms with Crippen molar-refractivity contribution in [2.24, 2.45) is 0 Å². The molecule has 0 saturated carbocycles. The Labute approximate surface area is 119 Å². The van der Waals surface area contributed by atoms with Crippen LogP contribution in [0.3, 0.4) is 0 Å². The zero-order valence-corrected chi connectivity index (χ0v) is 12.2. The molecular weight excluding hydrogens is 248 g/mol. The molecule has 1 aliphatic rings. The van der Waals surface area contributed by atoms with E-state index in [0.29, 0.717) is 6.42 Å². The summed E-state index contributed by atoms with van der Waals surface area (Å²) in [5.74, 6) is 0.185. The summed E-state index contributed by atoms with van der Waals surface area (Å²) in [5.41, 5.74) is 5.66. The van der Waals surface area contributed by atoms with Crippen molar-refractivity contribution >= 4 is 11.6 Å². The Hall–Kier alpha value is -2.03. The number of nitrogens with zero attached hydrogens (tertiary/aromatic N) is 1. The Kier molecular flexibility index (Phi) is 3.13. The normalized spacial score (nSPS) is 17.4. The summed E-state index contributed by atoms with van der Waals surface area (Å²) in [6, 6.07) is 10.5. The van der Waals surface area contributed by atoms with Gasteiger partial charge in [-0.05, 0) is 50.5 Å². The number of nitrogens with one attached hydrogen (secondary N) is 1. The lowest BCUT2D eigenvalue weighted by Gasteiger charge is -2.22. The van der Waals surface area contributed by atoms with Gasteiger partial charge in [-0.15, -0.1) is 0 Å². The van der Waals surface area contributed by atoms with Crippen molar-refractivity contribution in [3.63, 3.8) is 0 Å². The quantitative estimate of drug-likeness (QED) is 0.892. The number of rotatable bonds is 2. The van der Waals surface area contributed by atoms with Crippen LogP contribution in [0, 0.1) is 13.8 Å². The number of amides is 1. The van der Waals surface area contributed by atoms with Crippen molar-refractivity contribution in [2.45, 2.75) is 39.7 Å². The van der Waals surface area contributed by atoms with Gasteiger partial charge in [0.1, 0.15) is 0 Å². The molecule has 1 amide bonds. The summed E-state index contributed by atoms with van der Waals surface area (Å²) in [6.45, 7) is 6.17. The Balaban J connectivity index is 1.86. The van der Waals surface area contributed by atoms with Crippen LogP contribution < -0.4 is 4.90 Å². The first-order valence-corrected chi connectivity index (χ1v) is 7.11. The molecule has 2 aromatic rings. The van der Waals surface area contributed by atoms with Crippen molar-refractivity contribution in [2.75, 3.05) is 4.90 Å². The lowest BCUT2D eigenvalue weighted by molar-refractivity contribution is -0.118. The van der Waals surface area contributed by atoms with Gasteiger partial charge in [0.25, 0.3) is 0 Å². The summed E-state index contributed by atoms with van der Waals surface area (Å²) in [7, 11) is 0. The van der Waals surface area contributed by atoms with Gasteiger partial charge in [-0.3, -0.25) is 4.79 Å². The van der Waals surface area contributed by atoms with Crippen molar-refractivity contribution < 1.29 is 4.79 Å². The first-order valence-electron chi connectivity index (χ1n) is 7.11. The average molecular weight is 268 g/mol. The van der Waals surface area contributed by atoms with E-state index in [4.69, 9.17) is 0 Å². The first kappa shape index (κ1) is 13.0. The first-order chi connectivity index (χ1) is 9.56. The van der Waals surface area contributed by atoms with Crippen LogP contribution in [0.25, 0.3) is 0 Å². The molecule has 2 heterocycles. The summed E-state index contributed by atoms with van der Waals surface area (Å²) in [5, 5.41) is 0. The van der Waals surface area contributed by atoms with E-state index in [0.717, 1.165) is 29.1 Å². The van der Waals surface area contributed by atoms with Crippen LogP contribution in [-0.2, 0) is 17.6 Å². The topological polar surface area (TPSA) is 36.1 Å². The van der Waals surface area contributed by atoms with E-state index >= 15 is 0 Å². The molecule has 104 valence electrons. The van der Waals surface area contributed by atoms with Gasteiger partial charge in [-0.25, -0.2) is 0 Å². The Bertz CT molecular complexity index is 657. The number of hydrogen-bond donors (Lipinski definition) is 1. The van der Waals surface area contributed by atoms with E-state index < -0.39 is 0 Å². The Morgan fingerprint density at radius 2 is 2.10 bits per heavy atom. The minimum absolute atomic E-state index is 0.185. The van der Waals surface area contributed by atoms with Crippen molar-refractivity contribution in [1.29, 1.82) is 0 Å². The molecule has 1 unspecified atom stereocenters. The van der Waals surface area contributed by atoms with Crippen LogP contribution in [0.5, 0.6) is 0 Å². The monoisotopic (exact) mass is 268 g/mol. The maximum atomic E-state index is 12.7. The minimum Gasteiger partial charge on any atom is -0.362 e. The molecule has 0 fully saturated rings. The van der Waals surface area contributed by atoms with Gasteiger partial charge < -0.3 is 9.88 Å². The maximum absolute atomic E-state index is 12.7. The van der Waals surface area contributed by atoms with E-state index in [9.17, 15) is 4.79 Å². The molecule has 1 aliphatic heterocycles. The number of para-hydroxylation sites is 1. The molecule has 3 rings (SSSR count). The molecule has 1 atom stereocenters. The van der Waals surface area contributed by atoms with E-state index in [2.05, 4.69) is 24.0 Å². The van der Waals surface area contributed by atoms with Gasteiger partial charge in [-0.2, -0.15) is 0 Å². The fourth-order valence-corrected chi connectivity index (χ4v) is 3.16. The average Bonchev–Trinajstić information content (AvgIpc) is 2.88. The number of anilines is 1. The molecule has 3 nitrogen and oxygen atoms in total. The van der Waals surface area contributed by atoms with Crippen LogP contribution in [0.1, 0.15) is 29.4 Å². The number of aryl methyl sites for hydroxylation is 2. The molecule has 0 bridgehead atoms. The number of carbonyl (C=O) groups is 1. The standard InChI is InChI=1S/C17H20N2O/c1-11-8-15(13(3)18-11)10-17(20)19-12(2)9-14-6-4-5-7-16(14)19/h4-8,12,18H,9-10H2,1-3H3. The Morgan fingerprint density at radius 3 is 2.80 bits per heavy atom. The highest BCUT2D eigenvalue weighted by molar-refractivity contribution is 5.97. The van der Waals surface area contributed by atoms with Crippen LogP contribution in [0.2, 0.25) is 0 Å². The molecule has 0 saturated heterocycles. The maximum Gasteiger partial charge on any atom is 0.231 e. The van der Waals surface area contributed by atoms with E-state index in [1.807, 2.05) is 36.9 Å². The lowest BCUT2D eigenvalue weighted by atomic mass is 10.1. The smallest absolute Gasteiger partial charge is 0.231 e. The highest BCUT2D eigenvalue weighted by Crippen LogP contribution is 2.32. The summed E-state index contributed by atoms with van der Waals surface area (Å²) >= 11 is 0. The van der Waals surface area contributed by atoms with Crippen molar-refractivity contribution in [3.05, 3.63) is 52.8 Å². The third kappa shape index (κ3) is 2.13. The molecule has 0 radical (unpaired) electrons. The fourth-order valence-electron chi connectivity index (χ4n) is 3.16. The van der Waals surface area contributed by atoms with Gasteiger partial charge in [0.2, 0.25) is 5.91 Å². The van der Waals surface area contributed by atoms with E-state index in [1.54, 1.807) is 0 Å². The van der Waals surface area contributed by atoms with Gasteiger partial charge in [0.05, 0.1) is 6.42 Å². The number of aromatic amines is 1. The number of hydrogen-bond acceptors (Lipinski definition) is 1. The third-order valence-electron chi connectivity index (χ3n) is 4.07. The highest BCUT2D eigenvalue weighted by Gasteiger charge is 2.30. The predicted octanol–water partition coefficient (Wildman–Crippen LogP) is 3.15. The lowest BCUT2D eigenvalue weighted by Crippen LogP contribution is -2.36. The summed E-state index contributed by atoms with van der Waals surface area (Å²) in [6.07, 6.45) is 1.42. The van der Waals surface area contributed by atoms with E-state index in [-0.39, 0.29) is 11.9 Å². The molecule has 0 spiro atoms. The summed E-state index contributed by atoms with van der Waals surface area (Å²) < 4.78 is 0. The minimum atomic E-state index is 0.185. The number of H-pyrrole nitrogens is 1. The van der Waals surface area contributed by atoms with Gasteiger partial charge in [0, 0.05) is 23.1 Å². The number of aromatic nitrogens is 1. The van der Waals surface area contributed by atoms with Crippen LogP contribution in [0.4, 0.5) is 5.69 Å². The molecule has 20 heavy (non-hydrogen) atoms. The number of carbonyl (C=O) groups excluding carboxylic acids is 1. The summed E-state index contributed by atoms with van der Waals surface area (Å²) in [4.78, 5) is 17.9. The molecule has 1 aromatic heterocycles. The second-order valence-corrected chi connectivity index (χ2v) is 5.72. The van der Waals surface area contributed by atoms with Gasteiger partial charge in [-0.1, -0.05) is 18.2 Å². The van der Waals surface area contributed by atoms with Crippen LogP contribution in [-0.4, -0.2) is 16.9 Å². The predicted molar refractivity (Wildman–Crippen MR) is 81.1 cm³/mol. The van der Waals surface area contributed by atoms with Crippen molar-refractivity contribution in [1.82, 2.24) is 4.98 Å². The molecule has 0 aliphatic carbocycles. The van der Waals surface area contributed by atoms with Gasteiger partial charge >= 0.3 is 0 Å². The second-order valence-electron chi connectivity index (χ2n) is 5.72. The van der Waals surface area contributed by atoms with Crippen molar-refractivity contribution in [3.8, 4) is 0 Å². The molecule has 3 heteroatoms. The van der Waals surface area contributed by atoms with Crippen LogP contribution >= 0.6 is 0 Å². The SMILES string of the molecule is Cc1cc(CC(=O)N2c3ccccc3CC2C)c(C)[nH]1. The highest BCUT2D eigenvalue weighted by atomic mass is 16.2. The van der Waals surface area contributed by atoms with E-state index in [1.165, 1.54) is 5.56 Å². The third-order valence-corrected chi connectivity index (χ3v) is 4.07. The van der Waals surface area contributed by atoms with Gasteiger partial charge in [0.15, 0.2) is 0 Å². The molecular formula is C17H20N2O. The number of benzene rings is 1.